The van der Waals surface area contributed by atoms with Crippen molar-refractivity contribution in [2.24, 2.45) is 5.92 Å². The topological polar surface area (TPSA) is 70.2 Å². The Kier molecular flexibility index (Phi) is 3.79. The minimum absolute atomic E-state index is 0.0641. The van der Waals surface area contributed by atoms with Gasteiger partial charge in [-0.05, 0) is 43.0 Å². The summed E-state index contributed by atoms with van der Waals surface area (Å²) in [7, 11) is 0. The first-order valence-electron chi connectivity index (χ1n) is 8.58. The number of fused-ring (bicyclic) bond motifs is 1. The van der Waals surface area contributed by atoms with Gasteiger partial charge in [0.15, 0.2) is 0 Å². The lowest BCUT2D eigenvalue weighted by Gasteiger charge is -2.39. The zero-order valence-electron chi connectivity index (χ0n) is 13.1. The first-order valence-corrected chi connectivity index (χ1v) is 9.46. The Morgan fingerprint density at radius 3 is 2.96 bits per heavy atom. The zero-order valence-corrected chi connectivity index (χ0v) is 14.0. The molecule has 0 bridgehead atoms. The molecule has 5 nitrogen and oxygen atoms in total. The molecule has 0 radical (unpaired) electrons. The second kappa shape index (κ2) is 5.82. The predicted molar refractivity (Wildman–Crippen MR) is 89.2 cm³/mol. The van der Waals surface area contributed by atoms with Crippen LogP contribution in [-0.4, -0.2) is 23.5 Å². The Morgan fingerprint density at radius 2 is 2.22 bits per heavy atom. The molecule has 1 aromatic rings. The van der Waals surface area contributed by atoms with Crippen molar-refractivity contribution in [2.75, 3.05) is 0 Å². The summed E-state index contributed by atoms with van der Waals surface area (Å²) in [6.45, 7) is 0. The average Bonchev–Trinajstić information content (AvgIpc) is 3.09. The Balaban J connectivity index is 1.45. The molecule has 1 aromatic heterocycles. The summed E-state index contributed by atoms with van der Waals surface area (Å²) in [5.74, 6) is 0.622. The molecule has 2 heterocycles. The number of thiophene rings is 1. The monoisotopic (exact) mass is 333 g/mol. The van der Waals surface area contributed by atoms with Crippen molar-refractivity contribution >= 4 is 23.3 Å². The van der Waals surface area contributed by atoms with E-state index in [0.29, 0.717) is 12.3 Å². The van der Waals surface area contributed by atoms with Crippen LogP contribution < -0.4 is 16.0 Å². The highest BCUT2D eigenvalue weighted by atomic mass is 32.1. The van der Waals surface area contributed by atoms with Gasteiger partial charge in [-0.15, -0.1) is 11.3 Å². The third kappa shape index (κ3) is 2.96. The molecule has 3 amide bonds. The van der Waals surface area contributed by atoms with Crippen LogP contribution in [0.1, 0.15) is 55.9 Å². The summed E-state index contributed by atoms with van der Waals surface area (Å²) in [6.07, 6.45) is 6.81. The fourth-order valence-corrected chi connectivity index (χ4v) is 4.98. The summed E-state index contributed by atoms with van der Waals surface area (Å²) < 4.78 is 0. The van der Waals surface area contributed by atoms with Crippen LogP contribution in [0.2, 0.25) is 0 Å². The number of nitrogens with one attached hydrogen (secondary N) is 3. The minimum Gasteiger partial charge on any atom is -0.351 e. The van der Waals surface area contributed by atoms with Crippen molar-refractivity contribution in [3.05, 3.63) is 22.4 Å². The molecule has 3 atom stereocenters. The molecular formula is C17H23N3O2S. The number of urea groups is 1. The number of amides is 3. The van der Waals surface area contributed by atoms with Gasteiger partial charge in [-0.2, -0.15) is 0 Å². The molecule has 0 spiro atoms. The molecular weight excluding hydrogens is 310 g/mol. The van der Waals surface area contributed by atoms with Crippen LogP contribution in [0.5, 0.6) is 0 Å². The molecule has 124 valence electrons. The van der Waals surface area contributed by atoms with E-state index in [1.54, 1.807) is 11.3 Å². The SMILES string of the molecule is O=C1C[C@]2(NC(=O)NC(c3cccs3)C3CC3)CCCC[C@@H]2N1. The third-order valence-corrected chi connectivity index (χ3v) is 6.39. The maximum absolute atomic E-state index is 12.6. The summed E-state index contributed by atoms with van der Waals surface area (Å²) >= 11 is 1.70. The van der Waals surface area contributed by atoms with Gasteiger partial charge in [-0.25, -0.2) is 4.79 Å². The van der Waals surface area contributed by atoms with Gasteiger partial charge in [0, 0.05) is 4.88 Å². The van der Waals surface area contributed by atoms with Crippen LogP contribution in [0.3, 0.4) is 0 Å². The maximum atomic E-state index is 12.6. The number of hydrogen-bond donors (Lipinski definition) is 3. The Morgan fingerprint density at radius 1 is 1.35 bits per heavy atom. The normalized spacial score (nSPS) is 31.1. The van der Waals surface area contributed by atoms with E-state index >= 15 is 0 Å². The molecule has 3 aliphatic rings. The maximum Gasteiger partial charge on any atom is 0.315 e. The van der Waals surface area contributed by atoms with Crippen LogP contribution in [0.15, 0.2) is 17.5 Å². The van der Waals surface area contributed by atoms with Crippen molar-refractivity contribution in [2.45, 2.75) is 62.6 Å². The van der Waals surface area contributed by atoms with Crippen LogP contribution in [0, 0.1) is 5.92 Å². The molecule has 1 unspecified atom stereocenters. The van der Waals surface area contributed by atoms with E-state index < -0.39 is 0 Å². The highest BCUT2D eigenvalue weighted by Gasteiger charge is 2.49. The van der Waals surface area contributed by atoms with Gasteiger partial charge in [-0.1, -0.05) is 18.9 Å². The van der Waals surface area contributed by atoms with Crippen LogP contribution in [0.4, 0.5) is 4.79 Å². The largest absolute Gasteiger partial charge is 0.351 e. The molecule has 0 aromatic carbocycles. The summed E-state index contributed by atoms with van der Waals surface area (Å²) in [5.41, 5.74) is -0.386. The Hall–Kier alpha value is -1.56. The quantitative estimate of drug-likeness (QED) is 0.793. The average molecular weight is 333 g/mol. The van der Waals surface area contributed by atoms with Crippen molar-refractivity contribution < 1.29 is 9.59 Å². The predicted octanol–water partition coefficient (Wildman–Crippen LogP) is 2.70. The Labute approximate surface area is 140 Å². The lowest BCUT2D eigenvalue weighted by Crippen LogP contribution is -2.59. The molecule has 4 rings (SSSR count). The smallest absolute Gasteiger partial charge is 0.315 e. The molecule has 23 heavy (non-hydrogen) atoms. The van der Waals surface area contributed by atoms with Crippen LogP contribution >= 0.6 is 11.3 Å². The van der Waals surface area contributed by atoms with Crippen molar-refractivity contribution in [3.63, 3.8) is 0 Å². The number of hydrogen-bond acceptors (Lipinski definition) is 3. The van der Waals surface area contributed by atoms with Gasteiger partial charge in [0.1, 0.15) is 0 Å². The highest BCUT2D eigenvalue weighted by molar-refractivity contribution is 7.10. The van der Waals surface area contributed by atoms with Crippen molar-refractivity contribution in [1.82, 2.24) is 16.0 Å². The van der Waals surface area contributed by atoms with E-state index in [-0.39, 0.29) is 29.6 Å². The first kappa shape index (κ1) is 15.0. The summed E-state index contributed by atoms with van der Waals surface area (Å²) in [5, 5.41) is 11.4. The van der Waals surface area contributed by atoms with Gasteiger partial charge in [0.2, 0.25) is 5.91 Å². The molecule has 1 aliphatic heterocycles. The minimum atomic E-state index is -0.386. The second-order valence-corrected chi connectivity index (χ2v) is 8.11. The van der Waals surface area contributed by atoms with E-state index in [2.05, 4.69) is 27.4 Å². The van der Waals surface area contributed by atoms with Gasteiger partial charge >= 0.3 is 6.03 Å². The van der Waals surface area contributed by atoms with E-state index in [4.69, 9.17) is 0 Å². The van der Waals surface area contributed by atoms with E-state index in [0.717, 1.165) is 25.7 Å². The van der Waals surface area contributed by atoms with E-state index in [1.807, 2.05) is 6.07 Å². The second-order valence-electron chi connectivity index (χ2n) is 7.13. The van der Waals surface area contributed by atoms with Gasteiger partial charge < -0.3 is 16.0 Å². The molecule has 2 aliphatic carbocycles. The van der Waals surface area contributed by atoms with Crippen molar-refractivity contribution in [1.29, 1.82) is 0 Å². The highest BCUT2D eigenvalue weighted by Crippen LogP contribution is 2.42. The van der Waals surface area contributed by atoms with Gasteiger partial charge in [0.25, 0.3) is 0 Å². The number of rotatable bonds is 4. The van der Waals surface area contributed by atoms with E-state index in [9.17, 15) is 9.59 Å². The fourth-order valence-electron chi connectivity index (χ4n) is 4.11. The number of carbonyl (C=O) groups is 2. The molecule has 2 saturated carbocycles. The summed E-state index contributed by atoms with van der Waals surface area (Å²) in [6, 6.07) is 4.20. The van der Waals surface area contributed by atoms with Crippen LogP contribution in [0.25, 0.3) is 0 Å². The molecule has 1 saturated heterocycles. The van der Waals surface area contributed by atoms with Gasteiger partial charge in [-0.3, -0.25) is 4.79 Å². The first-order chi connectivity index (χ1) is 11.2. The lowest BCUT2D eigenvalue weighted by molar-refractivity contribution is -0.119. The van der Waals surface area contributed by atoms with Crippen LogP contribution in [-0.2, 0) is 4.79 Å². The van der Waals surface area contributed by atoms with Crippen molar-refractivity contribution in [3.8, 4) is 0 Å². The fraction of sp³-hybridized carbons (Fsp3) is 0.647. The lowest BCUT2D eigenvalue weighted by atomic mass is 9.78. The zero-order chi connectivity index (χ0) is 15.9. The summed E-state index contributed by atoms with van der Waals surface area (Å²) in [4.78, 5) is 25.7. The molecule has 6 heteroatoms. The number of carbonyl (C=O) groups excluding carboxylic acids is 2. The van der Waals surface area contributed by atoms with Gasteiger partial charge in [0.05, 0.1) is 24.0 Å². The van der Waals surface area contributed by atoms with E-state index in [1.165, 1.54) is 17.7 Å². The standard InChI is InChI=1S/C17H23N3O2S/c21-14-10-17(8-2-1-5-13(17)18-14)20-16(22)19-15(11-6-7-11)12-4-3-9-23-12/h3-4,9,11,13,15H,1-2,5-8,10H2,(H,18,21)(H2,19,20,22)/t13-,15?,17+/m0/s1. The molecule has 3 fully saturated rings. The Bertz CT molecular complexity index is 599. The molecule has 3 N–H and O–H groups in total. The third-order valence-electron chi connectivity index (χ3n) is 5.44.